The Hall–Kier alpha value is -0.240. The van der Waals surface area contributed by atoms with Crippen molar-refractivity contribution >= 4 is 23.2 Å². The molecule has 0 fully saturated rings. The van der Waals surface area contributed by atoms with Crippen molar-refractivity contribution in [1.29, 1.82) is 0 Å². The van der Waals surface area contributed by atoms with E-state index in [1.165, 1.54) is 0 Å². The molecule has 1 unspecified atom stereocenters. The first-order valence-corrected chi connectivity index (χ1v) is 7.33. The minimum atomic E-state index is 0.352. The first-order chi connectivity index (χ1) is 8.43. The summed E-state index contributed by atoms with van der Waals surface area (Å²) in [6, 6.07) is 5.73. The number of halogens is 2. The van der Waals surface area contributed by atoms with Crippen LogP contribution < -0.4 is 5.32 Å². The van der Waals surface area contributed by atoms with Gasteiger partial charge in [0.25, 0.3) is 0 Å². The minimum Gasteiger partial charge on any atom is -0.316 e. The van der Waals surface area contributed by atoms with E-state index in [4.69, 9.17) is 23.2 Å². The SMILES string of the molecule is CC(C)CNCC(c1c(Cl)cccc1Cl)C(C)C. The van der Waals surface area contributed by atoms with Crippen molar-refractivity contribution in [3.05, 3.63) is 33.8 Å². The topological polar surface area (TPSA) is 12.0 Å². The van der Waals surface area contributed by atoms with Crippen molar-refractivity contribution in [2.45, 2.75) is 33.6 Å². The number of rotatable bonds is 6. The van der Waals surface area contributed by atoms with Gasteiger partial charge in [0, 0.05) is 22.5 Å². The lowest BCUT2D eigenvalue weighted by Gasteiger charge is -2.24. The molecule has 102 valence electrons. The molecule has 0 radical (unpaired) electrons. The van der Waals surface area contributed by atoms with Crippen LogP contribution in [0.3, 0.4) is 0 Å². The maximum absolute atomic E-state index is 6.30. The quantitative estimate of drug-likeness (QED) is 0.778. The molecule has 0 aromatic heterocycles. The van der Waals surface area contributed by atoms with Crippen LogP contribution in [0.5, 0.6) is 0 Å². The van der Waals surface area contributed by atoms with E-state index in [9.17, 15) is 0 Å². The zero-order valence-corrected chi connectivity index (χ0v) is 13.1. The van der Waals surface area contributed by atoms with Gasteiger partial charge in [0.05, 0.1) is 0 Å². The van der Waals surface area contributed by atoms with E-state index in [2.05, 4.69) is 33.0 Å². The number of benzene rings is 1. The van der Waals surface area contributed by atoms with E-state index >= 15 is 0 Å². The normalized spacial score (nSPS) is 13.3. The Morgan fingerprint density at radius 3 is 2.00 bits per heavy atom. The third-order valence-electron chi connectivity index (χ3n) is 3.09. The zero-order valence-electron chi connectivity index (χ0n) is 11.6. The molecule has 18 heavy (non-hydrogen) atoms. The van der Waals surface area contributed by atoms with E-state index in [-0.39, 0.29) is 0 Å². The van der Waals surface area contributed by atoms with E-state index in [1.807, 2.05) is 18.2 Å². The van der Waals surface area contributed by atoms with Crippen molar-refractivity contribution in [2.75, 3.05) is 13.1 Å². The molecule has 1 N–H and O–H groups in total. The van der Waals surface area contributed by atoms with Crippen molar-refractivity contribution < 1.29 is 0 Å². The van der Waals surface area contributed by atoms with Crippen LogP contribution in [0.25, 0.3) is 0 Å². The van der Waals surface area contributed by atoms with Gasteiger partial charge in [-0.05, 0) is 36.1 Å². The van der Waals surface area contributed by atoms with Crippen molar-refractivity contribution in [3.63, 3.8) is 0 Å². The molecule has 1 nitrogen and oxygen atoms in total. The summed E-state index contributed by atoms with van der Waals surface area (Å²) in [5.41, 5.74) is 1.08. The molecule has 1 aromatic rings. The lowest BCUT2D eigenvalue weighted by Crippen LogP contribution is -2.28. The molecule has 0 aliphatic heterocycles. The summed E-state index contributed by atoms with van der Waals surface area (Å²) < 4.78 is 0. The van der Waals surface area contributed by atoms with E-state index < -0.39 is 0 Å². The zero-order chi connectivity index (χ0) is 13.7. The van der Waals surface area contributed by atoms with Crippen molar-refractivity contribution in [2.24, 2.45) is 11.8 Å². The minimum absolute atomic E-state index is 0.352. The highest BCUT2D eigenvalue weighted by Crippen LogP contribution is 2.35. The van der Waals surface area contributed by atoms with Crippen LogP contribution >= 0.6 is 23.2 Å². The molecule has 0 heterocycles. The first kappa shape index (κ1) is 15.8. The summed E-state index contributed by atoms with van der Waals surface area (Å²) in [7, 11) is 0. The molecule has 3 heteroatoms. The summed E-state index contributed by atoms with van der Waals surface area (Å²) in [6.07, 6.45) is 0. The lowest BCUT2D eigenvalue weighted by molar-refractivity contribution is 0.442. The third-order valence-corrected chi connectivity index (χ3v) is 3.75. The molecule has 0 saturated carbocycles. The number of hydrogen-bond acceptors (Lipinski definition) is 1. The highest BCUT2D eigenvalue weighted by atomic mass is 35.5. The van der Waals surface area contributed by atoms with Crippen LogP contribution in [0.1, 0.15) is 39.2 Å². The Balaban J connectivity index is 2.84. The predicted molar refractivity (Wildman–Crippen MR) is 81.7 cm³/mol. The van der Waals surface area contributed by atoms with Gasteiger partial charge in [0.2, 0.25) is 0 Å². The van der Waals surface area contributed by atoms with E-state index in [1.54, 1.807) is 0 Å². The lowest BCUT2D eigenvalue weighted by atomic mass is 9.88. The fourth-order valence-electron chi connectivity index (χ4n) is 2.06. The Bertz CT molecular complexity index is 355. The third kappa shape index (κ3) is 4.46. The largest absolute Gasteiger partial charge is 0.316 e. The second-order valence-electron chi connectivity index (χ2n) is 5.54. The Labute approximate surface area is 121 Å². The van der Waals surface area contributed by atoms with Gasteiger partial charge in [0.1, 0.15) is 0 Å². The Morgan fingerprint density at radius 2 is 1.56 bits per heavy atom. The van der Waals surface area contributed by atoms with E-state index in [0.29, 0.717) is 17.8 Å². The van der Waals surface area contributed by atoms with Crippen molar-refractivity contribution in [1.82, 2.24) is 5.32 Å². The average molecular weight is 288 g/mol. The van der Waals surface area contributed by atoms with Gasteiger partial charge in [-0.2, -0.15) is 0 Å². The van der Waals surface area contributed by atoms with E-state index in [0.717, 1.165) is 28.7 Å². The van der Waals surface area contributed by atoms with Crippen LogP contribution in [-0.2, 0) is 0 Å². The van der Waals surface area contributed by atoms with Crippen LogP contribution in [0.2, 0.25) is 10.0 Å². The Morgan fingerprint density at radius 1 is 1.00 bits per heavy atom. The van der Waals surface area contributed by atoms with Gasteiger partial charge < -0.3 is 5.32 Å². The van der Waals surface area contributed by atoms with Gasteiger partial charge in [-0.1, -0.05) is 57.0 Å². The van der Waals surface area contributed by atoms with Crippen LogP contribution in [-0.4, -0.2) is 13.1 Å². The smallest absolute Gasteiger partial charge is 0.0456 e. The van der Waals surface area contributed by atoms with Gasteiger partial charge in [-0.3, -0.25) is 0 Å². The second-order valence-corrected chi connectivity index (χ2v) is 6.35. The molecule has 1 rings (SSSR count). The summed E-state index contributed by atoms with van der Waals surface area (Å²) in [5, 5.41) is 5.04. The van der Waals surface area contributed by atoms with Gasteiger partial charge >= 0.3 is 0 Å². The standard InChI is InChI=1S/C15H23Cl2N/c1-10(2)8-18-9-12(11(3)4)15-13(16)6-5-7-14(15)17/h5-7,10-12,18H,8-9H2,1-4H3. The molecular formula is C15H23Cl2N. The first-order valence-electron chi connectivity index (χ1n) is 6.58. The molecule has 0 aliphatic rings. The van der Waals surface area contributed by atoms with Crippen LogP contribution in [0.15, 0.2) is 18.2 Å². The van der Waals surface area contributed by atoms with Crippen LogP contribution in [0, 0.1) is 11.8 Å². The molecule has 0 spiro atoms. The van der Waals surface area contributed by atoms with Gasteiger partial charge in [0.15, 0.2) is 0 Å². The van der Waals surface area contributed by atoms with Gasteiger partial charge in [-0.15, -0.1) is 0 Å². The monoisotopic (exact) mass is 287 g/mol. The predicted octanol–water partition coefficient (Wildman–Crippen LogP) is 4.98. The number of nitrogens with one attached hydrogen (secondary N) is 1. The summed E-state index contributed by atoms with van der Waals surface area (Å²) in [6.45, 7) is 10.8. The summed E-state index contributed by atoms with van der Waals surface area (Å²) in [5.74, 6) is 1.51. The Kier molecular flexibility index (Phi) is 6.48. The summed E-state index contributed by atoms with van der Waals surface area (Å²) in [4.78, 5) is 0. The average Bonchev–Trinajstić information content (AvgIpc) is 2.25. The molecule has 0 bridgehead atoms. The highest BCUT2D eigenvalue weighted by molar-refractivity contribution is 6.36. The fourth-order valence-corrected chi connectivity index (χ4v) is 2.74. The summed E-state index contributed by atoms with van der Waals surface area (Å²) >= 11 is 12.6. The number of hydrogen-bond donors (Lipinski definition) is 1. The maximum Gasteiger partial charge on any atom is 0.0456 e. The molecule has 1 atom stereocenters. The maximum atomic E-state index is 6.30. The molecule has 0 aliphatic carbocycles. The molecule has 0 saturated heterocycles. The molecule has 1 aromatic carbocycles. The molecule has 0 amide bonds. The fraction of sp³-hybridized carbons (Fsp3) is 0.600. The van der Waals surface area contributed by atoms with Crippen molar-refractivity contribution in [3.8, 4) is 0 Å². The van der Waals surface area contributed by atoms with Gasteiger partial charge in [-0.25, -0.2) is 0 Å². The second kappa shape index (κ2) is 7.37. The highest BCUT2D eigenvalue weighted by Gasteiger charge is 2.21. The van der Waals surface area contributed by atoms with Crippen LogP contribution in [0.4, 0.5) is 0 Å². The molecular weight excluding hydrogens is 265 g/mol.